The number of hydrogen-bond donors (Lipinski definition) is 3. The Balaban J connectivity index is 2.07. The zero-order valence-corrected chi connectivity index (χ0v) is 7.31. The molecule has 0 saturated carbocycles. The fourth-order valence-corrected chi connectivity index (χ4v) is 2.22. The van der Waals surface area contributed by atoms with E-state index in [0.29, 0.717) is 13.1 Å². The number of hydrogen-bond acceptors (Lipinski definition) is 3. The molecule has 2 rings (SSSR count). The lowest BCUT2D eigenvalue weighted by molar-refractivity contribution is -0.0331. The van der Waals surface area contributed by atoms with Gasteiger partial charge in [0.1, 0.15) is 0 Å². The molecular formula is C8H14N2O3. The molecule has 0 aliphatic carbocycles. The second kappa shape index (κ2) is 3.16. The van der Waals surface area contributed by atoms with Crippen LogP contribution < -0.4 is 5.32 Å². The van der Waals surface area contributed by atoms with Gasteiger partial charge in [0.25, 0.3) is 0 Å². The molecule has 2 aliphatic rings. The van der Waals surface area contributed by atoms with E-state index in [1.54, 1.807) is 0 Å². The number of carboxylic acid groups (broad SMARTS) is 1. The minimum atomic E-state index is -0.871. The molecule has 1 amide bonds. The summed E-state index contributed by atoms with van der Waals surface area (Å²) in [7, 11) is 0. The fraction of sp³-hybridized carbons (Fsp3) is 0.875. The average molecular weight is 186 g/mol. The molecule has 0 radical (unpaired) electrons. The van der Waals surface area contributed by atoms with Gasteiger partial charge in [-0.2, -0.15) is 0 Å². The van der Waals surface area contributed by atoms with Crippen molar-refractivity contribution >= 4 is 6.09 Å². The Kier molecular flexibility index (Phi) is 2.13. The summed E-state index contributed by atoms with van der Waals surface area (Å²) in [4.78, 5) is 12.1. The van der Waals surface area contributed by atoms with Crippen molar-refractivity contribution in [2.24, 2.45) is 11.8 Å². The Morgan fingerprint density at radius 1 is 1.31 bits per heavy atom. The maximum absolute atomic E-state index is 10.7. The van der Waals surface area contributed by atoms with Crippen LogP contribution in [0.2, 0.25) is 0 Å². The van der Waals surface area contributed by atoms with Crippen LogP contribution in [0.5, 0.6) is 0 Å². The molecule has 0 aromatic rings. The van der Waals surface area contributed by atoms with Crippen LogP contribution in [-0.4, -0.2) is 53.5 Å². The number of amides is 1. The molecule has 2 saturated heterocycles. The molecule has 2 aliphatic heterocycles. The fourth-order valence-electron chi connectivity index (χ4n) is 2.22. The van der Waals surface area contributed by atoms with Gasteiger partial charge in [-0.3, -0.25) is 0 Å². The van der Waals surface area contributed by atoms with Crippen molar-refractivity contribution in [3.63, 3.8) is 0 Å². The quantitative estimate of drug-likeness (QED) is 0.462. The second-order valence-electron chi connectivity index (χ2n) is 3.86. The van der Waals surface area contributed by atoms with Crippen molar-refractivity contribution in [2.75, 3.05) is 26.2 Å². The van der Waals surface area contributed by atoms with E-state index in [9.17, 15) is 9.90 Å². The molecule has 0 aromatic carbocycles. The molecule has 74 valence electrons. The first-order valence-corrected chi connectivity index (χ1v) is 4.55. The standard InChI is InChI=1S/C8H14N2O3/c11-7-5-1-9-2-6(7)4-10(3-5)8(12)13/h5-7,9,11H,1-4H2,(H,12,13). The number of nitrogens with one attached hydrogen (secondary N) is 1. The zero-order chi connectivity index (χ0) is 9.42. The third kappa shape index (κ3) is 1.49. The first-order chi connectivity index (χ1) is 6.18. The highest BCUT2D eigenvalue weighted by molar-refractivity contribution is 5.65. The summed E-state index contributed by atoms with van der Waals surface area (Å²) >= 11 is 0. The van der Waals surface area contributed by atoms with Gasteiger partial charge < -0.3 is 20.4 Å². The number of aliphatic hydroxyl groups is 1. The van der Waals surface area contributed by atoms with Crippen LogP contribution in [0, 0.1) is 11.8 Å². The van der Waals surface area contributed by atoms with Crippen molar-refractivity contribution in [3.8, 4) is 0 Å². The van der Waals surface area contributed by atoms with Crippen molar-refractivity contribution < 1.29 is 15.0 Å². The molecule has 5 heteroatoms. The summed E-state index contributed by atoms with van der Waals surface area (Å²) in [6, 6.07) is 0. The molecule has 5 nitrogen and oxygen atoms in total. The van der Waals surface area contributed by atoms with Crippen molar-refractivity contribution in [1.82, 2.24) is 10.2 Å². The van der Waals surface area contributed by atoms with Gasteiger partial charge in [0.15, 0.2) is 0 Å². The Hall–Kier alpha value is -0.810. The maximum Gasteiger partial charge on any atom is 0.407 e. The minimum absolute atomic E-state index is 0.0728. The van der Waals surface area contributed by atoms with E-state index < -0.39 is 6.09 Å². The van der Waals surface area contributed by atoms with Gasteiger partial charge >= 0.3 is 6.09 Å². The van der Waals surface area contributed by atoms with Crippen LogP contribution in [0.1, 0.15) is 0 Å². The minimum Gasteiger partial charge on any atom is -0.465 e. The van der Waals surface area contributed by atoms with Crippen LogP contribution in [-0.2, 0) is 0 Å². The normalized spacial score (nSPS) is 38.8. The highest BCUT2D eigenvalue weighted by atomic mass is 16.4. The van der Waals surface area contributed by atoms with Gasteiger partial charge in [0.05, 0.1) is 6.10 Å². The highest BCUT2D eigenvalue weighted by Crippen LogP contribution is 2.24. The summed E-state index contributed by atoms with van der Waals surface area (Å²) in [6.45, 7) is 2.36. The Labute approximate surface area is 76.3 Å². The topological polar surface area (TPSA) is 72.8 Å². The van der Waals surface area contributed by atoms with Crippen LogP contribution in [0.4, 0.5) is 4.79 Å². The predicted molar refractivity (Wildman–Crippen MR) is 45.5 cm³/mol. The number of piperidine rings is 2. The molecule has 2 bridgehead atoms. The number of rotatable bonds is 0. The molecule has 2 atom stereocenters. The summed E-state index contributed by atoms with van der Waals surface area (Å²) in [6.07, 6.45) is -1.19. The van der Waals surface area contributed by atoms with Crippen molar-refractivity contribution in [2.45, 2.75) is 6.10 Å². The molecule has 2 unspecified atom stereocenters. The monoisotopic (exact) mass is 186 g/mol. The van der Waals surface area contributed by atoms with Crippen molar-refractivity contribution in [3.05, 3.63) is 0 Å². The molecule has 3 N–H and O–H groups in total. The van der Waals surface area contributed by atoms with Gasteiger partial charge in [-0.05, 0) is 0 Å². The number of carbonyl (C=O) groups is 1. The largest absolute Gasteiger partial charge is 0.465 e. The van der Waals surface area contributed by atoms with Crippen LogP contribution in [0.25, 0.3) is 0 Å². The molecule has 13 heavy (non-hydrogen) atoms. The van der Waals surface area contributed by atoms with E-state index in [2.05, 4.69) is 5.32 Å². The Morgan fingerprint density at radius 3 is 2.31 bits per heavy atom. The summed E-state index contributed by atoms with van der Waals surface area (Å²) in [5.41, 5.74) is 0. The van der Waals surface area contributed by atoms with Crippen LogP contribution >= 0.6 is 0 Å². The van der Waals surface area contributed by atoms with E-state index in [4.69, 9.17) is 5.11 Å². The number of fused-ring (bicyclic) bond motifs is 2. The lowest BCUT2D eigenvalue weighted by atomic mass is 9.83. The highest BCUT2D eigenvalue weighted by Gasteiger charge is 2.39. The molecule has 2 fully saturated rings. The van der Waals surface area contributed by atoms with Gasteiger partial charge in [0.2, 0.25) is 0 Å². The van der Waals surface area contributed by atoms with Gasteiger partial charge in [-0.1, -0.05) is 0 Å². The van der Waals surface area contributed by atoms with E-state index in [-0.39, 0.29) is 17.9 Å². The van der Waals surface area contributed by atoms with Gasteiger partial charge in [-0.15, -0.1) is 0 Å². The van der Waals surface area contributed by atoms with E-state index in [0.717, 1.165) is 13.1 Å². The average Bonchev–Trinajstić information content (AvgIpc) is 2.02. The van der Waals surface area contributed by atoms with Crippen LogP contribution in [0.15, 0.2) is 0 Å². The summed E-state index contributed by atoms with van der Waals surface area (Å²) in [5, 5.41) is 21.7. The third-order valence-corrected chi connectivity index (χ3v) is 2.96. The van der Waals surface area contributed by atoms with E-state index in [1.165, 1.54) is 4.90 Å². The van der Waals surface area contributed by atoms with Gasteiger partial charge in [-0.25, -0.2) is 4.79 Å². The second-order valence-corrected chi connectivity index (χ2v) is 3.86. The summed E-state index contributed by atoms with van der Waals surface area (Å²) < 4.78 is 0. The maximum atomic E-state index is 10.7. The first-order valence-electron chi connectivity index (χ1n) is 4.55. The smallest absolute Gasteiger partial charge is 0.407 e. The SMILES string of the molecule is O=C(O)N1CC2CNCC(C1)C2O. The summed E-state index contributed by atoms with van der Waals surface area (Å²) in [5.74, 6) is 0.146. The zero-order valence-electron chi connectivity index (χ0n) is 7.31. The first kappa shape index (κ1) is 8.77. The lowest BCUT2D eigenvalue weighted by Crippen LogP contribution is -2.59. The Bertz CT molecular complexity index is 207. The molecule has 0 aromatic heterocycles. The lowest BCUT2D eigenvalue weighted by Gasteiger charge is -2.44. The van der Waals surface area contributed by atoms with Crippen molar-refractivity contribution in [1.29, 1.82) is 0 Å². The predicted octanol–water partition coefficient (Wildman–Crippen LogP) is -0.823. The molecular weight excluding hydrogens is 172 g/mol. The van der Waals surface area contributed by atoms with E-state index >= 15 is 0 Å². The Morgan fingerprint density at radius 2 is 1.85 bits per heavy atom. The number of nitrogens with zero attached hydrogens (tertiary/aromatic N) is 1. The number of aliphatic hydroxyl groups excluding tert-OH is 1. The van der Waals surface area contributed by atoms with Gasteiger partial charge in [0, 0.05) is 38.0 Å². The molecule has 2 heterocycles. The third-order valence-electron chi connectivity index (χ3n) is 2.96. The number of likely N-dealkylation sites (tertiary alicyclic amines) is 1. The van der Waals surface area contributed by atoms with Crippen LogP contribution in [0.3, 0.4) is 0 Å². The van der Waals surface area contributed by atoms with E-state index in [1.807, 2.05) is 0 Å². The molecule has 0 spiro atoms.